The average Bonchev–Trinajstić information content (AvgIpc) is 2.28. The molecule has 0 unspecified atom stereocenters. The summed E-state index contributed by atoms with van der Waals surface area (Å²) < 4.78 is 5.38. The topological polar surface area (TPSA) is 9.23 Å². The lowest BCUT2D eigenvalue weighted by Crippen LogP contribution is -1.83. The second-order valence-electron chi connectivity index (χ2n) is 2.36. The molecule has 2 rings (SSSR count). The Bertz CT molecular complexity index is 281. The highest BCUT2D eigenvalue weighted by Gasteiger charge is 2.03. The molecule has 0 bridgehead atoms. The van der Waals surface area contributed by atoms with Gasteiger partial charge in [0.15, 0.2) is 0 Å². The van der Waals surface area contributed by atoms with E-state index in [1.54, 1.807) is 0 Å². The summed E-state index contributed by atoms with van der Waals surface area (Å²) >= 11 is 1.38. The van der Waals surface area contributed by atoms with Gasteiger partial charge in [-0.2, -0.15) is 0 Å². The molecule has 2 heteroatoms. The fourth-order valence-electron chi connectivity index (χ4n) is 1.05. The second kappa shape index (κ2) is 3.01. The molecular weight excluding hydrogens is 156 g/mol. The van der Waals surface area contributed by atoms with E-state index in [9.17, 15) is 0 Å². The molecule has 0 spiro atoms. The highest BCUT2D eigenvalue weighted by Crippen LogP contribution is 2.25. The number of benzene rings is 1. The van der Waals surface area contributed by atoms with Crippen LogP contribution in [0.15, 0.2) is 35.7 Å². The van der Waals surface area contributed by atoms with Crippen molar-refractivity contribution in [3.05, 3.63) is 41.3 Å². The maximum atomic E-state index is 5.38. The zero-order valence-electron chi connectivity index (χ0n) is 5.99. The Morgan fingerprint density at radius 3 is 3.18 bits per heavy atom. The van der Waals surface area contributed by atoms with Gasteiger partial charge in [0, 0.05) is 5.41 Å². The second-order valence-corrected chi connectivity index (χ2v) is 2.99. The predicted molar refractivity (Wildman–Crippen MR) is 47.5 cm³/mol. The lowest BCUT2D eigenvalue weighted by molar-refractivity contribution is 0.645. The number of rotatable bonds is 0. The first-order valence-electron chi connectivity index (χ1n) is 3.53. The summed E-state index contributed by atoms with van der Waals surface area (Å²) in [5.74, 6) is 0.988. The van der Waals surface area contributed by atoms with Gasteiger partial charge in [-0.05, 0) is 18.1 Å². The molecule has 0 radical (unpaired) electrons. The van der Waals surface area contributed by atoms with E-state index in [-0.39, 0.29) is 0 Å². The van der Waals surface area contributed by atoms with Crippen molar-refractivity contribution in [1.82, 2.24) is 0 Å². The lowest BCUT2D eigenvalue weighted by Gasteiger charge is -2.02. The number of para-hydroxylation sites is 1. The molecule has 1 aromatic carbocycles. The Morgan fingerprint density at radius 1 is 1.27 bits per heavy atom. The van der Waals surface area contributed by atoms with Crippen LogP contribution in [0.2, 0.25) is 0 Å². The molecule has 0 saturated carbocycles. The van der Waals surface area contributed by atoms with Gasteiger partial charge in [-0.3, -0.25) is 0 Å². The summed E-state index contributed by atoms with van der Waals surface area (Å²) in [6, 6.07) is 8.11. The van der Waals surface area contributed by atoms with Gasteiger partial charge in [0.2, 0.25) is 0 Å². The number of hydrogen-bond acceptors (Lipinski definition) is 2. The maximum absolute atomic E-state index is 5.38. The first kappa shape index (κ1) is 6.80. The Kier molecular flexibility index (Phi) is 1.86. The Labute approximate surface area is 70.3 Å². The van der Waals surface area contributed by atoms with E-state index in [1.807, 2.05) is 23.6 Å². The first-order valence-corrected chi connectivity index (χ1v) is 4.33. The van der Waals surface area contributed by atoms with Crippen LogP contribution in [0.3, 0.4) is 0 Å². The summed E-state index contributed by atoms with van der Waals surface area (Å²) in [7, 11) is 0. The molecule has 0 N–H and O–H groups in total. The summed E-state index contributed by atoms with van der Waals surface area (Å²) in [5.41, 5.74) is 1.26. The van der Waals surface area contributed by atoms with Gasteiger partial charge in [0.25, 0.3) is 0 Å². The molecule has 1 heterocycles. The average molecular weight is 164 g/mol. The quantitative estimate of drug-likeness (QED) is 0.545. The normalized spacial score (nSPS) is 14.9. The van der Waals surface area contributed by atoms with Crippen LogP contribution in [0.5, 0.6) is 5.75 Å². The lowest BCUT2D eigenvalue weighted by atomic mass is 10.1. The minimum absolute atomic E-state index is 0.975. The van der Waals surface area contributed by atoms with Crippen LogP contribution in [-0.4, -0.2) is 0 Å². The minimum Gasteiger partial charge on any atom is -0.421 e. The highest BCUT2D eigenvalue weighted by molar-refractivity contribution is 7.97. The maximum Gasteiger partial charge on any atom is 0.141 e. The van der Waals surface area contributed by atoms with Gasteiger partial charge in [-0.25, -0.2) is 0 Å². The van der Waals surface area contributed by atoms with E-state index in [0.29, 0.717) is 0 Å². The Balaban J connectivity index is 2.40. The molecule has 56 valence electrons. The monoisotopic (exact) mass is 164 g/mol. The SMILES string of the molecule is C1=CSOc2ccccc2C1. The third-order valence-corrected chi connectivity index (χ3v) is 2.18. The van der Waals surface area contributed by atoms with Crippen LogP contribution >= 0.6 is 12.0 Å². The van der Waals surface area contributed by atoms with Gasteiger partial charge in [-0.1, -0.05) is 24.3 Å². The van der Waals surface area contributed by atoms with E-state index in [4.69, 9.17) is 4.18 Å². The van der Waals surface area contributed by atoms with E-state index < -0.39 is 0 Å². The van der Waals surface area contributed by atoms with Crippen molar-refractivity contribution in [2.45, 2.75) is 6.42 Å². The molecule has 1 aliphatic heterocycles. The molecule has 0 amide bonds. The number of allylic oxidation sites excluding steroid dienone is 1. The van der Waals surface area contributed by atoms with Crippen LogP contribution in [0, 0.1) is 0 Å². The van der Waals surface area contributed by atoms with E-state index in [0.717, 1.165) is 12.2 Å². The molecule has 1 aliphatic rings. The third-order valence-electron chi connectivity index (χ3n) is 1.60. The molecule has 0 atom stereocenters. The Hall–Kier alpha value is -0.890. The van der Waals surface area contributed by atoms with Gasteiger partial charge in [0.05, 0.1) is 12.0 Å². The molecule has 0 aliphatic carbocycles. The molecular formula is C9H8OS. The largest absolute Gasteiger partial charge is 0.421 e. The summed E-state index contributed by atoms with van der Waals surface area (Å²) in [6.07, 6.45) is 3.08. The van der Waals surface area contributed by atoms with Crippen molar-refractivity contribution in [2.75, 3.05) is 0 Å². The van der Waals surface area contributed by atoms with Crippen molar-refractivity contribution in [1.29, 1.82) is 0 Å². The van der Waals surface area contributed by atoms with Crippen molar-refractivity contribution >= 4 is 12.0 Å². The van der Waals surface area contributed by atoms with Gasteiger partial charge in [0.1, 0.15) is 5.75 Å². The Morgan fingerprint density at radius 2 is 2.18 bits per heavy atom. The molecule has 11 heavy (non-hydrogen) atoms. The van der Waals surface area contributed by atoms with E-state index in [2.05, 4.69) is 12.1 Å². The summed E-state index contributed by atoms with van der Waals surface area (Å²) in [4.78, 5) is 0. The van der Waals surface area contributed by atoms with Crippen LogP contribution in [-0.2, 0) is 6.42 Å². The van der Waals surface area contributed by atoms with Crippen molar-refractivity contribution in [2.24, 2.45) is 0 Å². The van der Waals surface area contributed by atoms with Gasteiger partial charge in [-0.15, -0.1) is 0 Å². The number of fused-ring (bicyclic) bond motifs is 1. The molecule has 0 aromatic heterocycles. The van der Waals surface area contributed by atoms with E-state index >= 15 is 0 Å². The fourth-order valence-corrected chi connectivity index (χ4v) is 1.54. The van der Waals surface area contributed by atoms with Crippen LogP contribution in [0.1, 0.15) is 5.56 Å². The van der Waals surface area contributed by atoms with Gasteiger partial charge < -0.3 is 4.18 Å². The van der Waals surface area contributed by atoms with Crippen molar-refractivity contribution in [3.63, 3.8) is 0 Å². The highest BCUT2D eigenvalue weighted by atomic mass is 32.2. The molecule has 0 saturated heterocycles. The fraction of sp³-hybridized carbons (Fsp3) is 0.111. The number of hydrogen-bond donors (Lipinski definition) is 0. The molecule has 1 aromatic rings. The smallest absolute Gasteiger partial charge is 0.141 e. The van der Waals surface area contributed by atoms with Gasteiger partial charge >= 0.3 is 0 Å². The summed E-state index contributed by atoms with van der Waals surface area (Å²) in [5, 5.41) is 1.97. The standard InChI is InChI=1S/C9H8OS/c1-2-6-9-8(4-1)5-3-7-11-10-9/h1-4,6-7H,5H2. The van der Waals surface area contributed by atoms with Crippen molar-refractivity contribution < 1.29 is 4.18 Å². The zero-order valence-corrected chi connectivity index (χ0v) is 6.80. The molecule has 1 nitrogen and oxygen atoms in total. The van der Waals surface area contributed by atoms with Crippen LogP contribution < -0.4 is 4.18 Å². The zero-order chi connectivity index (χ0) is 7.52. The predicted octanol–water partition coefficient (Wildman–Crippen LogP) is 2.78. The molecule has 0 fully saturated rings. The first-order chi connectivity index (χ1) is 5.47. The van der Waals surface area contributed by atoms with Crippen LogP contribution in [0.4, 0.5) is 0 Å². The van der Waals surface area contributed by atoms with Crippen molar-refractivity contribution in [3.8, 4) is 5.75 Å². The van der Waals surface area contributed by atoms with E-state index in [1.165, 1.54) is 17.6 Å². The summed E-state index contributed by atoms with van der Waals surface area (Å²) in [6.45, 7) is 0. The third kappa shape index (κ3) is 1.40. The van der Waals surface area contributed by atoms with Crippen LogP contribution in [0.25, 0.3) is 0 Å². The minimum atomic E-state index is 0.975.